The van der Waals surface area contributed by atoms with Gasteiger partial charge in [0.05, 0.1) is 24.0 Å². The van der Waals surface area contributed by atoms with E-state index >= 15 is 0 Å². The van der Waals surface area contributed by atoms with Crippen LogP contribution in [0, 0.1) is 5.92 Å². The quantitative estimate of drug-likeness (QED) is 0.879. The van der Waals surface area contributed by atoms with Crippen LogP contribution in [0.1, 0.15) is 24.3 Å². The number of amides is 1. The third kappa shape index (κ3) is 3.37. The molecule has 1 amide bonds. The minimum Gasteiger partial charge on any atom is -0.357 e. The van der Waals surface area contributed by atoms with Crippen molar-refractivity contribution < 1.29 is 4.79 Å². The molecule has 2 atom stereocenters. The molecule has 2 aliphatic heterocycles. The van der Waals surface area contributed by atoms with Gasteiger partial charge in [0.2, 0.25) is 5.91 Å². The standard InChI is InChI=1S/C18H24N6O/c1-23-12-13(8-21-23)15-10-19-11-16(15)18(25)22-14-4-5-17(20-9-14)24-6-2-3-7-24/h4-5,8-9,12,15-16,19H,2-3,6-7,10-11H2,1H3,(H,22,25)/t15-,16+/m1/s1. The zero-order chi connectivity index (χ0) is 17.2. The monoisotopic (exact) mass is 340 g/mol. The Morgan fingerprint density at radius 1 is 1.24 bits per heavy atom. The fraction of sp³-hybridized carbons (Fsp3) is 0.500. The van der Waals surface area contributed by atoms with Crippen molar-refractivity contribution in [3.05, 3.63) is 36.3 Å². The third-order valence-corrected chi connectivity index (χ3v) is 5.15. The number of carbonyl (C=O) groups is 1. The number of rotatable bonds is 4. The summed E-state index contributed by atoms with van der Waals surface area (Å²) in [6.07, 6.45) is 8.05. The summed E-state index contributed by atoms with van der Waals surface area (Å²) in [6, 6.07) is 3.94. The van der Waals surface area contributed by atoms with Crippen molar-refractivity contribution in [3.63, 3.8) is 0 Å². The van der Waals surface area contributed by atoms with Gasteiger partial charge in [0.15, 0.2) is 0 Å². The summed E-state index contributed by atoms with van der Waals surface area (Å²) >= 11 is 0. The van der Waals surface area contributed by atoms with E-state index in [1.807, 2.05) is 31.6 Å². The molecule has 0 aliphatic carbocycles. The zero-order valence-electron chi connectivity index (χ0n) is 14.5. The SMILES string of the molecule is Cn1cc([C@H]2CNC[C@@H]2C(=O)Nc2ccc(N3CCCC3)nc2)cn1. The van der Waals surface area contributed by atoms with E-state index in [9.17, 15) is 4.79 Å². The van der Waals surface area contributed by atoms with Crippen molar-refractivity contribution >= 4 is 17.4 Å². The molecule has 0 aromatic carbocycles. The summed E-state index contributed by atoms with van der Waals surface area (Å²) in [5, 5.41) is 10.6. The number of hydrogen-bond donors (Lipinski definition) is 2. The van der Waals surface area contributed by atoms with E-state index in [0.717, 1.165) is 36.7 Å². The molecule has 4 heterocycles. The number of aromatic nitrogens is 3. The molecule has 7 heteroatoms. The maximum absolute atomic E-state index is 12.7. The van der Waals surface area contributed by atoms with Crippen LogP contribution in [0.5, 0.6) is 0 Å². The predicted molar refractivity (Wildman–Crippen MR) is 96.6 cm³/mol. The molecule has 4 rings (SSSR count). The van der Waals surface area contributed by atoms with Gasteiger partial charge in [-0.1, -0.05) is 0 Å². The molecule has 0 spiro atoms. The fourth-order valence-corrected chi connectivity index (χ4v) is 3.76. The van der Waals surface area contributed by atoms with Crippen LogP contribution >= 0.6 is 0 Å². The van der Waals surface area contributed by atoms with Crippen LogP contribution in [0.25, 0.3) is 0 Å². The summed E-state index contributed by atoms with van der Waals surface area (Å²) in [5.74, 6) is 1.09. The molecule has 132 valence electrons. The van der Waals surface area contributed by atoms with Crippen LogP contribution in [0.4, 0.5) is 11.5 Å². The van der Waals surface area contributed by atoms with E-state index in [1.165, 1.54) is 12.8 Å². The number of pyridine rings is 1. The van der Waals surface area contributed by atoms with Crippen molar-refractivity contribution in [2.45, 2.75) is 18.8 Å². The van der Waals surface area contributed by atoms with Crippen LogP contribution in [0.3, 0.4) is 0 Å². The number of aryl methyl sites for hydroxylation is 1. The lowest BCUT2D eigenvalue weighted by molar-refractivity contribution is -0.119. The molecular weight excluding hydrogens is 316 g/mol. The largest absolute Gasteiger partial charge is 0.357 e. The van der Waals surface area contributed by atoms with Gasteiger partial charge in [0, 0.05) is 45.3 Å². The lowest BCUT2D eigenvalue weighted by atomic mass is 9.90. The molecule has 7 nitrogen and oxygen atoms in total. The number of carbonyl (C=O) groups excluding carboxylic acids is 1. The van der Waals surface area contributed by atoms with E-state index in [0.29, 0.717) is 6.54 Å². The van der Waals surface area contributed by atoms with Gasteiger partial charge < -0.3 is 15.5 Å². The minimum atomic E-state index is -0.0949. The predicted octanol–water partition coefficient (Wildman–Crippen LogP) is 1.36. The fourth-order valence-electron chi connectivity index (χ4n) is 3.76. The zero-order valence-corrected chi connectivity index (χ0v) is 14.5. The third-order valence-electron chi connectivity index (χ3n) is 5.15. The first-order valence-electron chi connectivity index (χ1n) is 8.92. The molecule has 0 saturated carbocycles. The summed E-state index contributed by atoms with van der Waals surface area (Å²) in [5.41, 5.74) is 1.86. The van der Waals surface area contributed by atoms with Crippen molar-refractivity contribution in [2.24, 2.45) is 13.0 Å². The van der Waals surface area contributed by atoms with E-state index < -0.39 is 0 Å². The lowest BCUT2D eigenvalue weighted by Gasteiger charge is -2.18. The van der Waals surface area contributed by atoms with Crippen molar-refractivity contribution in [1.29, 1.82) is 0 Å². The first kappa shape index (κ1) is 16.1. The highest BCUT2D eigenvalue weighted by Crippen LogP contribution is 2.29. The highest BCUT2D eigenvalue weighted by Gasteiger charge is 2.34. The Morgan fingerprint density at radius 3 is 2.76 bits per heavy atom. The molecule has 2 aromatic rings. The maximum Gasteiger partial charge on any atom is 0.229 e. The minimum absolute atomic E-state index is 0.0366. The van der Waals surface area contributed by atoms with E-state index in [-0.39, 0.29) is 17.7 Å². The summed E-state index contributed by atoms with van der Waals surface area (Å²) < 4.78 is 1.78. The molecule has 2 aliphatic rings. The van der Waals surface area contributed by atoms with Gasteiger partial charge in [-0.05, 0) is 30.5 Å². The average molecular weight is 340 g/mol. The molecule has 0 radical (unpaired) electrons. The number of nitrogens with zero attached hydrogens (tertiary/aromatic N) is 4. The van der Waals surface area contributed by atoms with Crippen LogP contribution in [-0.2, 0) is 11.8 Å². The number of anilines is 2. The highest BCUT2D eigenvalue weighted by atomic mass is 16.2. The molecule has 2 N–H and O–H groups in total. The van der Waals surface area contributed by atoms with Gasteiger partial charge in [-0.15, -0.1) is 0 Å². The van der Waals surface area contributed by atoms with Crippen LogP contribution in [0.2, 0.25) is 0 Å². The molecule has 2 aromatic heterocycles. The Balaban J connectivity index is 1.42. The van der Waals surface area contributed by atoms with Crippen LogP contribution in [0.15, 0.2) is 30.7 Å². The van der Waals surface area contributed by atoms with E-state index in [1.54, 1.807) is 10.9 Å². The van der Waals surface area contributed by atoms with Gasteiger partial charge in [-0.25, -0.2) is 4.98 Å². The molecule has 2 saturated heterocycles. The Hall–Kier alpha value is -2.41. The Labute approximate surface area is 147 Å². The number of nitrogens with one attached hydrogen (secondary N) is 2. The van der Waals surface area contributed by atoms with Gasteiger partial charge >= 0.3 is 0 Å². The Morgan fingerprint density at radius 2 is 2.08 bits per heavy atom. The van der Waals surface area contributed by atoms with Crippen molar-refractivity contribution in [2.75, 3.05) is 36.4 Å². The molecular formula is C18H24N6O. The van der Waals surface area contributed by atoms with E-state index in [4.69, 9.17) is 0 Å². The topological polar surface area (TPSA) is 75.1 Å². The Bertz CT molecular complexity index is 734. The van der Waals surface area contributed by atoms with Gasteiger partial charge in [-0.2, -0.15) is 5.10 Å². The first-order chi connectivity index (χ1) is 12.2. The average Bonchev–Trinajstić information content (AvgIpc) is 3.36. The molecule has 0 unspecified atom stereocenters. The van der Waals surface area contributed by atoms with Gasteiger partial charge in [-0.3, -0.25) is 9.48 Å². The number of hydrogen-bond acceptors (Lipinski definition) is 5. The lowest BCUT2D eigenvalue weighted by Crippen LogP contribution is -2.28. The van der Waals surface area contributed by atoms with Gasteiger partial charge in [0.25, 0.3) is 0 Å². The van der Waals surface area contributed by atoms with Crippen molar-refractivity contribution in [1.82, 2.24) is 20.1 Å². The normalized spacial score (nSPS) is 23.2. The first-order valence-corrected chi connectivity index (χ1v) is 8.92. The maximum atomic E-state index is 12.7. The second-order valence-corrected chi connectivity index (χ2v) is 6.91. The van der Waals surface area contributed by atoms with Crippen molar-refractivity contribution in [3.8, 4) is 0 Å². The highest BCUT2D eigenvalue weighted by molar-refractivity contribution is 5.93. The molecule has 2 fully saturated rings. The van der Waals surface area contributed by atoms with Crippen LogP contribution < -0.4 is 15.5 Å². The van der Waals surface area contributed by atoms with E-state index in [2.05, 4.69) is 25.6 Å². The van der Waals surface area contributed by atoms with Gasteiger partial charge in [0.1, 0.15) is 5.82 Å². The second-order valence-electron chi connectivity index (χ2n) is 6.91. The summed E-state index contributed by atoms with van der Waals surface area (Å²) in [6.45, 7) is 3.62. The molecule has 0 bridgehead atoms. The summed E-state index contributed by atoms with van der Waals surface area (Å²) in [7, 11) is 1.90. The smallest absolute Gasteiger partial charge is 0.229 e. The second kappa shape index (κ2) is 6.84. The summed E-state index contributed by atoms with van der Waals surface area (Å²) in [4.78, 5) is 19.5. The Kier molecular flexibility index (Phi) is 4.40. The van der Waals surface area contributed by atoms with Crippen LogP contribution in [-0.4, -0.2) is 46.9 Å². The molecule has 25 heavy (non-hydrogen) atoms.